The van der Waals surface area contributed by atoms with Crippen molar-refractivity contribution in [3.05, 3.63) is 63.8 Å². The lowest BCUT2D eigenvalue weighted by Crippen LogP contribution is -2.20. The largest absolute Gasteiger partial charge is 0.314 e. The molecule has 2 heterocycles. The molecule has 26 heavy (non-hydrogen) atoms. The summed E-state index contributed by atoms with van der Waals surface area (Å²) in [4.78, 5) is 16.9. The van der Waals surface area contributed by atoms with Crippen LogP contribution in [-0.2, 0) is 12.0 Å². The van der Waals surface area contributed by atoms with Gasteiger partial charge in [-0.25, -0.2) is 0 Å². The van der Waals surface area contributed by atoms with Crippen LogP contribution < -0.4 is 5.56 Å². The molecule has 0 fully saturated rings. The smallest absolute Gasteiger partial charge is 0.260 e. The fourth-order valence-electron chi connectivity index (χ4n) is 3.25. The summed E-state index contributed by atoms with van der Waals surface area (Å²) < 4.78 is 1.80. The molecule has 0 N–H and O–H groups in total. The number of pyridine rings is 2. The minimum Gasteiger partial charge on any atom is -0.314 e. The van der Waals surface area contributed by atoms with Crippen LogP contribution in [0, 0.1) is 0 Å². The highest BCUT2D eigenvalue weighted by Crippen LogP contribution is 2.34. The molecule has 0 atom stereocenters. The Kier molecular flexibility index (Phi) is 5.19. The Balaban J connectivity index is 2.23. The van der Waals surface area contributed by atoms with Gasteiger partial charge in [-0.3, -0.25) is 9.78 Å². The first kappa shape index (κ1) is 18.7. The Labute approximate surface area is 159 Å². The van der Waals surface area contributed by atoms with Crippen LogP contribution in [0.1, 0.15) is 46.1 Å². The first-order valence-corrected chi connectivity index (χ1v) is 9.48. The number of hydrogen-bond acceptors (Lipinski definition) is 2. The lowest BCUT2D eigenvalue weighted by Gasteiger charge is -2.21. The van der Waals surface area contributed by atoms with Crippen molar-refractivity contribution < 1.29 is 0 Å². The van der Waals surface area contributed by atoms with E-state index in [1.54, 1.807) is 17.0 Å². The van der Waals surface area contributed by atoms with Crippen LogP contribution >= 0.6 is 11.6 Å². The van der Waals surface area contributed by atoms with E-state index in [-0.39, 0.29) is 11.0 Å². The van der Waals surface area contributed by atoms with Crippen molar-refractivity contribution in [1.82, 2.24) is 9.55 Å². The molecule has 2 aromatic heterocycles. The molecule has 0 saturated heterocycles. The fourth-order valence-corrected chi connectivity index (χ4v) is 3.72. The van der Waals surface area contributed by atoms with Gasteiger partial charge in [0.2, 0.25) is 0 Å². The summed E-state index contributed by atoms with van der Waals surface area (Å²) in [6.45, 7) is 9.29. The van der Waals surface area contributed by atoms with Crippen molar-refractivity contribution in [2.24, 2.45) is 0 Å². The van der Waals surface area contributed by atoms with Crippen LogP contribution in [0.15, 0.2) is 47.7 Å². The van der Waals surface area contributed by atoms with Gasteiger partial charge in [-0.2, -0.15) is 0 Å². The maximum Gasteiger partial charge on any atom is 0.260 e. The molecule has 3 aromatic rings. The van der Waals surface area contributed by atoms with E-state index in [0.717, 1.165) is 39.9 Å². The van der Waals surface area contributed by atoms with Crippen molar-refractivity contribution in [2.75, 3.05) is 0 Å². The number of benzene rings is 1. The predicted octanol–water partition coefficient (Wildman–Crippen LogP) is 5.81. The second-order valence-electron chi connectivity index (χ2n) is 7.76. The molecule has 4 heteroatoms. The van der Waals surface area contributed by atoms with E-state index in [9.17, 15) is 4.79 Å². The summed E-state index contributed by atoms with van der Waals surface area (Å²) in [5.41, 5.74) is 3.16. The normalized spacial score (nSPS) is 11.9. The Morgan fingerprint density at radius 1 is 1.15 bits per heavy atom. The van der Waals surface area contributed by atoms with E-state index in [4.69, 9.17) is 11.6 Å². The number of rotatable bonds is 4. The van der Waals surface area contributed by atoms with E-state index in [1.165, 1.54) is 0 Å². The first-order chi connectivity index (χ1) is 12.3. The Bertz CT molecular complexity index is 999. The average molecular weight is 369 g/mol. The van der Waals surface area contributed by atoms with E-state index in [0.29, 0.717) is 11.9 Å². The van der Waals surface area contributed by atoms with Gasteiger partial charge in [-0.1, -0.05) is 57.8 Å². The number of halogens is 1. The fraction of sp³-hybridized carbons (Fsp3) is 0.364. The molecule has 0 aliphatic rings. The zero-order chi connectivity index (χ0) is 18.9. The highest BCUT2D eigenvalue weighted by molar-refractivity contribution is 6.31. The van der Waals surface area contributed by atoms with E-state index < -0.39 is 0 Å². The van der Waals surface area contributed by atoms with Gasteiger partial charge in [0.05, 0.1) is 5.39 Å². The molecular weight excluding hydrogens is 344 g/mol. The monoisotopic (exact) mass is 368 g/mol. The maximum atomic E-state index is 12.8. The minimum atomic E-state index is -0.0124. The first-order valence-electron chi connectivity index (χ1n) is 9.10. The Hall–Kier alpha value is -2.13. The minimum absolute atomic E-state index is 0.0124. The van der Waals surface area contributed by atoms with Crippen molar-refractivity contribution in [1.29, 1.82) is 0 Å². The van der Waals surface area contributed by atoms with Crippen LogP contribution in [0.4, 0.5) is 0 Å². The van der Waals surface area contributed by atoms with Crippen molar-refractivity contribution in [2.45, 2.75) is 52.5 Å². The summed E-state index contributed by atoms with van der Waals surface area (Å²) in [6, 6.07) is 8.09. The molecular formula is C22H25ClN2O. The van der Waals surface area contributed by atoms with Gasteiger partial charge in [0, 0.05) is 35.7 Å². The second kappa shape index (κ2) is 7.24. The quantitative estimate of drug-likeness (QED) is 0.582. The molecule has 0 spiro atoms. The Morgan fingerprint density at radius 2 is 1.92 bits per heavy atom. The van der Waals surface area contributed by atoms with E-state index >= 15 is 0 Å². The molecule has 0 amide bonds. The van der Waals surface area contributed by atoms with Crippen molar-refractivity contribution >= 4 is 22.4 Å². The summed E-state index contributed by atoms with van der Waals surface area (Å²) in [5, 5.41) is 2.32. The molecule has 0 aliphatic heterocycles. The summed E-state index contributed by atoms with van der Waals surface area (Å²) in [7, 11) is 0. The number of nitrogens with zero attached hydrogens (tertiary/aromatic N) is 2. The van der Waals surface area contributed by atoms with Crippen LogP contribution in [0.5, 0.6) is 0 Å². The molecule has 0 unspecified atom stereocenters. The van der Waals surface area contributed by atoms with Gasteiger partial charge < -0.3 is 4.57 Å². The van der Waals surface area contributed by atoms with Crippen molar-refractivity contribution in [3.63, 3.8) is 0 Å². The zero-order valence-corrected chi connectivity index (χ0v) is 16.6. The third-order valence-corrected chi connectivity index (χ3v) is 5.04. The maximum absolute atomic E-state index is 12.8. The number of fused-ring (bicyclic) bond motifs is 1. The van der Waals surface area contributed by atoms with E-state index in [1.807, 2.05) is 18.3 Å². The summed E-state index contributed by atoms with van der Waals surface area (Å²) in [6.07, 6.45) is 7.36. The molecule has 0 saturated carbocycles. The summed E-state index contributed by atoms with van der Waals surface area (Å²) in [5.74, 6) is 0. The van der Waals surface area contributed by atoms with Crippen LogP contribution in [0.3, 0.4) is 0 Å². The number of unbranched alkanes of at least 4 members (excludes halogenated alkanes) is 1. The van der Waals surface area contributed by atoms with Gasteiger partial charge in [0.1, 0.15) is 0 Å². The SMILES string of the molecule is CCCCn1cc(-c2ccc(C(C)(C)C)c(Cl)c2)c2ccncc2c1=O. The molecule has 0 aliphatic carbocycles. The lowest BCUT2D eigenvalue weighted by molar-refractivity contribution is 0.590. The number of aromatic nitrogens is 2. The standard InChI is InChI=1S/C22H25ClN2O/c1-5-6-11-25-14-18(16-9-10-24-13-17(16)21(25)26)15-7-8-19(20(23)12-15)22(2,3)4/h7-10,12-14H,5-6,11H2,1-4H3. The van der Waals surface area contributed by atoms with Gasteiger partial charge in [-0.15, -0.1) is 0 Å². The van der Waals surface area contributed by atoms with Gasteiger partial charge in [-0.05, 0) is 40.5 Å². The molecule has 3 rings (SSSR count). The average Bonchev–Trinajstić information content (AvgIpc) is 2.60. The van der Waals surface area contributed by atoms with E-state index in [2.05, 4.69) is 44.8 Å². The van der Waals surface area contributed by atoms with Crippen molar-refractivity contribution in [3.8, 4) is 11.1 Å². The number of hydrogen-bond donors (Lipinski definition) is 0. The molecule has 136 valence electrons. The molecule has 1 aromatic carbocycles. The lowest BCUT2D eigenvalue weighted by atomic mass is 9.86. The highest BCUT2D eigenvalue weighted by Gasteiger charge is 2.18. The third-order valence-electron chi connectivity index (χ3n) is 4.73. The van der Waals surface area contributed by atoms with Crippen LogP contribution in [0.25, 0.3) is 21.9 Å². The highest BCUT2D eigenvalue weighted by atomic mass is 35.5. The zero-order valence-electron chi connectivity index (χ0n) is 15.8. The van der Waals surface area contributed by atoms with Gasteiger partial charge in [0.15, 0.2) is 0 Å². The Morgan fingerprint density at radius 3 is 2.58 bits per heavy atom. The summed E-state index contributed by atoms with van der Waals surface area (Å²) >= 11 is 6.59. The van der Waals surface area contributed by atoms with Gasteiger partial charge in [0.25, 0.3) is 5.56 Å². The predicted molar refractivity (Wildman–Crippen MR) is 110 cm³/mol. The second-order valence-corrected chi connectivity index (χ2v) is 8.17. The topological polar surface area (TPSA) is 34.9 Å². The van der Waals surface area contributed by atoms with Gasteiger partial charge >= 0.3 is 0 Å². The van der Waals surface area contributed by atoms with Crippen LogP contribution in [0.2, 0.25) is 5.02 Å². The third kappa shape index (κ3) is 3.54. The number of aryl methyl sites for hydroxylation is 1. The molecule has 0 radical (unpaired) electrons. The van der Waals surface area contributed by atoms with Crippen LogP contribution in [-0.4, -0.2) is 9.55 Å². The molecule has 3 nitrogen and oxygen atoms in total. The molecule has 0 bridgehead atoms.